The fourth-order valence-corrected chi connectivity index (χ4v) is 1.12. The lowest BCUT2D eigenvalue weighted by atomic mass is 9.86. The van der Waals surface area contributed by atoms with E-state index in [0.717, 1.165) is 0 Å². The van der Waals surface area contributed by atoms with Crippen molar-refractivity contribution >= 4 is 13.0 Å². The third-order valence-corrected chi connectivity index (χ3v) is 1.76. The zero-order valence-corrected chi connectivity index (χ0v) is 8.86. The Hall–Kier alpha value is -1.21. The van der Waals surface area contributed by atoms with Gasteiger partial charge in [-0.15, -0.1) is 0 Å². The molecule has 15 heavy (non-hydrogen) atoms. The zero-order chi connectivity index (χ0) is 11.8. The predicted octanol–water partition coefficient (Wildman–Crippen LogP) is -1.06. The molecule has 86 valence electrons. The molecule has 1 atom stereocenters. The van der Waals surface area contributed by atoms with E-state index >= 15 is 0 Å². The molecule has 0 radical (unpaired) electrons. The molecular formula is C8H18BN3O3. The van der Waals surface area contributed by atoms with Gasteiger partial charge in [0.05, 0.1) is 11.9 Å². The Bertz CT molecular complexity index is 223. The van der Waals surface area contributed by atoms with Crippen LogP contribution in [0.25, 0.3) is 0 Å². The second-order valence-corrected chi connectivity index (χ2v) is 3.33. The molecule has 0 saturated carbocycles. The van der Waals surface area contributed by atoms with Crippen LogP contribution in [0.3, 0.4) is 0 Å². The molecule has 0 fully saturated rings. The number of hydrogen-bond acceptors (Lipinski definition) is 5. The molecule has 0 unspecified atom stereocenters. The first-order chi connectivity index (χ1) is 6.93. The summed E-state index contributed by atoms with van der Waals surface area (Å²) < 4.78 is 0. The van der Waals surface area contributed by atoms with Gasteiger partial charge >= 0.3 is 13.0 Å². The molecule has 0 aromatic rings. The minimum atomic E-state index is -0.970. The van der Waals surface area contributed by atoms with E-state index in [4.69, 9.17) is 15.9 Å². The molecule has 0 aliphatic heterocycles. The molecule has 7 heteroatoms. The van der Waals surface area contributed by atoms with Crippen LogP contribution in [0.1, 0.15) is 12.8 Å². The maximum Gasteiger partial charge on any atom is 0.374 e. The van der Waals surface area contributed by atoms with Gasteiger partial charge in [0.1, 0.15) is 0 Å². The molecule has 0 aliphatic carbocycles. The molecule has 0 aliphatic rings. The number of rotatable bonds is 8. The van der Waals surface area contributed by atoms with Crippen molar-refractivity contribution < 1.29 is 14.9 Å². The lowest BCUT2D eigenvalue weighted by Gasteiger charge is -2.14. The lowest BCUT2D eigenvalue weighted by molar-refractivity contribution is -0.139. The number of nitrogens with two attached hydrogens (primary N) is 1. The van der Waals surface area contributed by atoms with Gasteiger partial charge in [-0.25, -0.2) is 0 Å². The number of carboxylic acids is 1. The van der Waals surface area contributed by atoms with Gasteiger partial charge in [-0.3, -0.25) is 4.79 Å². The lowest BCUT2D eigenvalue weighted by Crippen LogP contribution is -2.45. The van der Waals surface area contributed by atoms with Crippen molar-refractivity contribution in [3.63, 3.8) is 0 Å². The fraction of sp³-hybridized carbons (Fsp3) is 0.625. The first-order valence-electron chi connectivity index (χ1n) is 4.78. The van der Waals surface area contributed by atoms with Crippen LogP contribution in [0.2, 0.25) is 6.82 Å². The summed E-state index contributed by atoms with van der Waals surface area (Å²) in [6.07, 6.45) is 1.05. The van der Waals surface area contributed by atoms with Crippen molar-refractivity contribution in [1.29, 1.82) is 0 Å². The summed E-state index contributed by atoms with van der Waals surface area (Å²) in [6.45, 7) is 5.50. The standard InChI is InChI=1S/C8H18BN3O3/c1-6(10)11-5-3-4-7(8(13)14)12-9(2)15/h7,11-12,15H,1,3-5,10H2,2H3,(H,13,14)/t7-/m0/s1. The smallest absolute Gasteiger partial charge is 0.374 e. The predicted molar refractivity (Wildman–Crippen MR) is 59.0 cm³/mol. The number of carboxylic acid groups (broad SMARTS) is 1. The van der Waals surface area contributed by atoms with Gasteiger partial charge in [0.25, 0.3) is 0 Å². The van der Waals surface area contributed by atoms with E-state index in [1.807, 2.05) is 0 Å². The van der Waals surface area contributed by atoms with E-state index in [0.29, 0.717) is 25.2 Å². The van der Waals surface area contributed by atoms with E-state index in [1.165, 1.54) is 6.82 Å². The zero-order valence-electron chi connectivity index (χ0n) is 8.86. The largest absolute Gasteiger partial charge is 0.480 e. The second kappa shape index (κ2) is 7.13. The summed E-state index contributed by atoms with van der Waals surface area (Å²) in [5, 5.41) is 23.1. The molecule has 0 rings (SSSR count). The normalized spacial score (nSPS) is 11.9. The monoisotopic (exact) mass is 215 g/mol. The summed E-state index contributed by atoms with van der Waals surface area (Å²) in [5.41, 5.74) is 5.27. The highest BCUT2D eigenvalue weighted by molar-refractivity contribution is 6.45. The molecule has 0 aromatic carbocycles. The van der Waals surface area contributed by atoms with E-state index in [9.17, 15) is 4.79 Å². The minimum Gasteiger partial charge on any atom is -0.480 e. The van der Waals surface area contributed by atoms with Crippen LogP contribution in [0, 0.1) is 0 Å². The van der Waals surface area contributed by atoms with Crippen molar-refractivity contribution in [2.24, 2.45) is 5.73 Å². The Morgan fingerprint density at radius 2 is 2.27 bits per heavy atom. The molecule has 0 heterocycles. The van der Waals surface area contributed by atoms with Crippen molar-refractivity contribution in [3.05, 3.63) is 12.4 Å². The van der Waals surface area contributed by atoms with Crippen LogP contribution < -0.4 is 16.3 Å². The first-order valence-corrected chi connectivity index (χ1v) is 4.78. The SMILES string of the molecule is C=C(N)NCCC[C@H](NB(C)O)C(=O)O. The van der Waals surface area contributed by atoms with E-state index in [2.05, 4.69) is 17.1 Å². The van der Waals surface area contributed by atoms with E-state index in [1.54, 1.807) is 0 Å². The minimum absolute atomic E-state index is 0.366. The Kier molecular flexibility index (Phi) is 6.56. The Labute approximate surface area is 89.7 Å². The maximum absolute atomic E-state index is 10.7. The van der Waals surface area contributed by atoms with Crippen molar-refractivity contribution in [2.45, 2.75) is 25.7 Å². The fourth-order valence-electron chi connectivity index (χ4n) is 1.12. The van der Waals surface area contributed by atoms with Gasteiger partial charge in [0.2, 0.25) is 0 Å². The van der Waals surface area contributed by atoms with Crippen molar-refractivity contribution in [3.8, 4) is 0 Å². The maximum atomic E-state index is 10.7. The average Bonchev–Trinajstić information content (AvgIpc) is 2.08. The van der Waals surface area contributed by atoms with Crippen molar-refractivity contribution in [1.82, 2.24) is 10.5 Å². The molecule has 0 aromatic heterocycles. The van der Waals surface area contributed by atoms with Crippen LogP contribution in [-0.4, -0.2) is 35.7 Å². The number of nitrogens with one attached hydrogen (secondary N) is 2. The van der Waals surface area contributed by atoms with Crippen LogP contribution in [0.4, 0.5) is 0 Å². The molecule has 0 bridgehead atoms. The Balaban J connectivity index is 3.76. The topological polar surface area (TPSA) is 108 Å². The van der Waals surface area contributed by atoms with E-state index < -0.39 is 19.1 Å². The molecule has 0 spiro atoms. The Morgan fingerprint density at radius 1 is 1.67 bits per heavy atom. The quantitative estimate of drug-likeness (QED) is 0.261. The van der Waals surface area contributed by atoms with Crippen LogP contribution in [-0.2, 0) is 4.79 Å². The second-order valence-electron chi connectivity index (χ2n) is 3.33. The van der Waals surface area contributed by atoms with Gasteiger partial charge in [-0.2, -0.15) is 0 Å². The van der Waals surface area contributed by atoms with Crippen molar-refractivity contribution in [2.75, 3.05) is 6.54 Å². The number of carbonyl (C=O) groups is 1. The summed E-state index contributed by atoms with van der Waals surface area (Å²) >= 11 is 0. The highest BCUT2D eigenvalue weighted by Crippen LogP contribution is 1.97. The number of hydrogen-bond donors (Lipinski definition) is 5. The highest BCUT2D eigenvalue weighted by atomic mass is 16.4. The summed E-state index contributed by atoms with van der Waals surface area (Å²) in [4.78, 5) is 10.7. The molecular weight excluding hydrogens is 197 g/mol. The molecule has 0 saturated heterocycles. The molecule has 0 amide bonds. The Morgan fingerprint density at radius 3 is 2.67 bits per heavy atom. The van der Waals surface area contributed by atoms with Crippen LogP contribution in [0.15, 0.2) is 12.4 Å². The number of aliphatic carboxylic acids is 1. The van der Waals surface area contributed by atoms with Gasteiger partial charge in [-0.05, 0) is 19.7 Å². The summed E-state index contributed by atoms with van der Waals surface area (Å²) in [5.74, 6) is -0.604. The van der Waals surface area contributed by atoms with Crippen LogP contribution >= 0.6 is 0 Å². The molecule has 6 nitrogen and oxygen atoms in total. The van der Waals surface area contributed by atoms with Crippen LogP contribution in [0.5, 0.6) is 0 Å². The molecule has 6 N–H and O–H groups in total. The third-order valence-electron chi connectivity index (χ3n) is 1.76. The first kappa shape index (κ1) is 13.8. The van der Waals surface area contributed by atoms with Gasteiger partial charge in [0.15, 0.2) is 0 Å². The highest BCUT2D eigenvalue weighted by Gasteiger charge is 2.19. The summed E-state index contributed by atoms with van der Waals surface area (Å²) in [7, 11) is -0.830. The summed E-state index contributed by atoms with van der Waals surface area (Å²) in [6, 6.07) is -0.738. The van der Waals surface area contributed by atoms with Gasteiger partial charge in [-0.1, -0.05) is 6.58 Å². The van der Waals surface area contributed by atoms with Gasteiger partial charge in [0, 0.05) is 6.54 Å². The van der Waals surface area contributed by atoms with E-state index in [-0.39, 0.29) is 0 Å². The average molecular weight is 215 g/mol. The van der Waals surface area contributed by atoms with Gasteiger partial charge < -0.3 is 26.4 Å². The third kappa shape index (κ3) is 7.83.